The van der Waals surface area contributed by atoms with Crippen molar-refractivity contribution in [1.82, 2.24) is 5.43 Å². The van der Waals surface area contributed by atoms with Crippen molar-refractivity contribution in [2.24, 2.45) is 5.10 Å². The Morgan fingerprint density at radius 1 is 1.03 bits per heavy atom. The van der Waals surface area contributed by atoms with Crippen LogP contribution in [0, 0.1) is 0 Å². The van der Waals surface area contributed by atoms with Crippen LogP contribution in [-0.4, -0.2) is 29.9 Å². The van der Waals surface area contributed by atoms with E-state index in [-0.39, 0.29) is 17.6 Å². The van der Waals surface area contributed by atoms with Gasteiger partial charge in [-0.15, -0.1) is 0 Å². The summed E-state index contributed by atoms with van der Waals surface area (Å²) in [6.07, 6.45) is 1.45. The Balaban J connectivity index is 1.43. The number of nitrogens with one attached hydrogen (secondary N) is 3. The lowest BCUT2D eigenvalue weighted by atomic mass is 10.2. The maximum absolute atomic E-state index is 12.5. The number of para-hydroxylation sites is 1. The molecule has 0 unspecified atom stereocenters. The summed E-state index contributed by atoms with van der Waals surface area (Å²) >= 11 is 11.5. The Morgan fingerprint density at radius 2 is 1.79 bits per heavy atom. The van der Waals surface area contributed by atoms with E-state index in [0.717, 1.165) is 5.69 Å². The first-order valence-corrected chi connectivity index (χ1v) is 10.6. The Kier molecular flexibility index (Phi) is 6.82. The Hall–Kier alpha value is -3.95. The number of hydrogen-bond acceptors (Lipinski definition) is 5. The molecule has 1 aliphatic heterocycles. The van der Waals surface area contributed by atoms with Gasteiger partial charge in [-0.25, -0.2) is 10.2 Å². The minimum absolute atomic E-state index is 0.179. The molecule has 3 amide bonds. The molecule has 0 aliphatic carbocycles. The molecule has 3 N–H and O–H groups in total. The molecule has 0 bridgehead atoms. The fourth-order valence-electron chi connectivity index (χ4n) is 3.05. The summed E-state index contributed by atoms with van der Waals surface area (Å²) in [6, 6.07) is 20.8. The summed E-state index contributed by atoms with van der Waals surface area (Å²) in [6.45, 7) is -0.179. The minimum atomic E-state index is -0.553. The largest absolute Gasteiger partial charge is 0.481 e. The molecule has 0 fully saturated rings. The smallest absolute Gasteiger partial charge is 0.339 e. The van der Waals surface area contributed by atoms with Crippen molar-refractivity contribution >= 4 is 64.1 Å². The third kappa shape index (κ3) is 5.46. The fraction of sp³-hybridized carbons (Fsp3) is 0.0435. The standard InChI is InChI=1S/C23H18ClN5O3S/c24-18-9-5-4-6-15(18)13-25-28-22(31)26-17-10-11-19-20(12-17)32-14-21(30)29(19)23(33)27-16-7-2-1-3-8-16/h1-13H,14H2,(H,27,33)(H2,26,28,31)/b25-13-. The molecule has 33 heavy (non-hydrogen) atoms. The number of halogens is 1. The lowest BCUT2D eigenvalue weighted by Gasteiger charge is -2.30. The summed E-state index contributed by atoms with van der Waals surface area (Å²) in [5.41, 5.74) is 4.73. The summed E-state index contributed by atoms with van der Waals surface area (Å²) in [5.74, 6) is 0.104. The highest BCUT2D eigenvalue weighted by molar-refractivity contribution is 7.80. The number of urea groups is 1. The number of carbonyl (C=O) groups is 2. The van der Waals surface area contributed by atoms with Crippen molar-refractivity contribution < 1.29 is 14.3 Å². The second-order valence-electron chi connectivity index (χ2n) is 6.84. The van der Waals surface area contributed by atoms with Crippen LogP contribution in [0.5, 0.6) is 5.75 Å². The van der Waals surface area contributed by atoms with Crippen LogP contribution in [0.25, 0.3) is 0 Å². The zero-order chi connectivity index (χ0) is 23.2. The number of hydrogen-bond donors (Lipinski definition) is 3. The predicted octanol–water partition coefficient (Wildman–Crippen LogP) is 4.62. The van der Waals surface area contributed by atoms with E-state index in [1.807, 2.05) is 36.4 Å². The molecule has 0 spiro atoms. The van der Waals surface area contributed by atoms with E-state index in [2.05, 4.69) is 21.2 Å². The van der Waals surface area contributed by atoms with Crippen LogP contribution in [0.4, 0.5) is 21.9 Å². The van der Waals surface area contributed by atoms with Crippen molar-refractivity contribution in [2.45, 2.75) is 0 Å². The molecule has 0 saturated heterocycles. The summed E-state index contributed by atoms with van der Waals surface area (Å²) in [4.78, 5) is 26.0. The van der Waals surface area contributed by atoms with E-state index < -0.39 is 6.03 Å². The number of amides is 3. The van der Waals surface area contributed by atoms with Gasteiger partial charge in [0.25, 0.3) is 5.91 Å². The van der Waals surface area contributed by atoms with Crippen molar-refractivity contribution in [1.29, 1.82) is 0 Å². The Bertz CT molecular complexity index is 1240. The zero-order valence-corrected chi connectivity index (χ0v) is 18.7. The van der Waals surface area contributed by atoms with Gasteiger partial charge >= 0.3 is 6.03 Å². The number of nitrogens with zero attached hydrogens (tertiary/aromatic N) is 2. The lowest BCUT2D eigenvalue weighted by Crippen LogP contribution is -2.45. The topological polar surface area (TPSA) is 95.1 Å². The number of benzene rings is 3. The van der Waals surface area contributed by atoms with E-state index in [1.165, 1.54) is 11.1 Å². The zero-order valence-electron chi connectivity index (χ0n) is 17.1. The van der Waals surface area contributed by atoms with Crippen LogP contribution in [0.15, 0.2) is 77.9 Å². The molecule has 0 radical (unpaired) electrons. The van der Waals surface area contributed by atoms with Gasteiger partial charge < -0.3 is 15.4 Å². The summed E-state index contributed by atoms with van der Waals surface area (Å²) < 4.78 is 5.55. The van der Waals surface area contributed by atoms with Crippen molar-refractivity contribution in [2.75, 3.05) is 22.1 Å². The average molecular weight is 480 g/mol. The first-order valence-electron chi connectivity index (χ1n) is 9.82. The highest BCUT2D eigenvalue weighted by Gasteiger charge is 2.29. The van der Waals surface area contributed by atoms with Crippen LogP contribution in [0.1, 0.15) is 5.56 Å². The number of thiocarbonyl (C=S) groups is 1. The average Bonchev–Trinajstić information content (AvgIpc) is 2.81. The van der Waals surface area contributed by atoms with Crippen LogP contribution in [-0.2, 0) is 4.79 Å². The second kappa shape index (κ2) is 10.1. The van der Waals surface area contributed by atoms with Gasteiger partial charge in [-0.05, 0) is 42.5 Å². The highest BCUT2D eigenvalue weighted by Crippen LogP contribution is 2.35. The molecule has 3 aromatic carbocycles. The molecular formula is C23H18ClN5O3S. The second-order valence-corrected chi connectivity index (χ2v) is 7.64. The van der Waals surface area contributed by atoms with Gasteiger partial charge in [0, 0.05) is 28.0 Å². The molecule has 4 rings (SSSR count). The molecular weight excluding hydrogens is 462 g/mol. The van der Waals surface area contributed by atoms with Crippen LogP contribution in [0.3, 0.4) is 0 Å². The highest BCUT2D eigenvalue weighted by atomic mass is 35.5. The molecule has 3 aromatic rings. The van der Waals surface area contributed by atoms with E-state index in [9.17, 15) is 9.59 Å². The third-order valence-electron chi connectivity index (χ3n) is 4.56. The third-order valence-corrected chi connectivity index (χ3v) is 5.19. The molecule has 0 aromatic heterocycles. The van der Waals surface area contributed by atoms with Gasteiger partial charge in [-0.2, -0.15) is 5.10 Å². The first-order chi connectivity index (χ1) is 16.0. The van der Waals surface area contributed by atoms with Crippen LogP contribution >= 0.6 is 23.8 Å². The maximum atomic E-state index is 12.5. The van der Waals surface area contributed by atoms with Gasteiger partial charge in [0.15, 0.2) is 11.7 Å². The molecule has 0 atom stereocenters. The van der Waals surface area contributed by atoms with Gasteiger partial charge in [0.2, 0.25) is 0 Å². The van der Waals surface area contributed by atoms with E-state index >= 15 is 0 Å². The molecule has 8 nitrogen and oxygen atoms in total. The van der Waals surface area contributed by atoms with Crippen molar-refractivity contribution in [3.8, 4) is 5.75 Å². The molecule has 0 saturated carbocycles. The molecule has 10 heteroatoms. The monoisotopic (exact) mass is 479 g/mol. The van der Waals surface area contributed by atoms with Gasteiger partial charge in [0.1, 0.15) is 5.75 Å². The lowest BCUT2D eigenvalue weighted by molar-refractivity contribution is -0.120. The number of carbonyl (C=O) groups excluding carboxylic acids is 2. The molecule has 1 aliphatic rings. The van der Waals surface area contributed by atoms with Crippen LogP contribution < -0.4 is 25.7 Å². The van der Waals surface area contributed by atoms with Crippen molar-refractivity contribution in [3.63, 3.8) is 0 Å². The summed E-state index contributed by atoms with van der Waals surface area (Å²) in [7, 11) is 0. The number of fused-ring (bicyclic) bond motifs is 1. The normalized spacial score (nSPS) is 12.6. The summed E-state index contributed by atoms with van der Waals surface area (Å²) in [5, 5.41) is 10.3. The SMILES string of the molecule is O=C(N/N=C\c1ccccc1Cl)Nc1ccc2c(c1)OCC(=O)N2C(=S)Nc1ccccc1. The van der Waals surface area contributed by atoms with Gasteiger partial charge in [-0.1, -0.05) is 48.0 Å². The molecule has 1 heterocycles. The quantitative estimate of drug-likeness (QED) is 0.288. The number of ether oxygens (including phenoxy) is 1. The maximum Gasteiger partial charge on any atom is 0.339 e. The van der Waals surface area contributed by atoms with Crippen LogP contribution in [0.2, 0.25) is 5.02 Å². The van der Waals surface area contributed by atoms with Gasteiger partial charge in [-0.3, -0.25) is 9.69 Å². The number of rotatable bonds is 4. The van der Waals surface area contributed by atoms with E-state index in [0.29, 0.717) is 27.7 Å². The predicted molar refractivity (Wildman–Crippen MR) is 133 cm³/mol. The van der Waals surface area contributed by atoms with E-state index in [4.69, 9.17) is 28.6 Å². The number of anilines is 3. The molecule has 166 valence electrons. The Morgan fingerprint density at radius 3 is 2.58 bits per heavy atom. The minimum Gasteiger partial charge on any atom is -0.481 e. The van der Waals surface area contributed by atoms with Crippen molar-refractivity contribution in [3.05, 3.63) is 83.4 Å². The van der Waals surface area contributed by atoms with Gasteiger partial charge in [0.05, 0.1) is 11.9 Å². The Labute approximate surface area is 200 Å². The first kappa shape index (κ1) is 22.3. The number of hydrazone groups is 1. The van der Waals surface area contributed by atoms with E-state index in [1.54, 1.807) is 36.4 Å². The fourth-order valence-corrected chi connectivity index (χ4v) is 3.56.